The van der Waals surface area contributed by atoms with Gasteiger partial charge in [-0.1, -0.05) is 0 Å². The summed E-state index contributed by atoms with van der Waals surface area (Å²) in [5.74, 6) is 1.68. The number of halogens is 3. The zero-order valence-electron chi connectivity index (χ0n) is 9.36. The van der Waals surface area contributed by atoms with Crippen LogP contribution in [0.4, 0.5) is 4.39 Å². The number of nitrogens with two attached hydrogens (primary N) is 1. The van der Waals surface area contributed by atoms with Crippen LogP contribution in [0.1, 0.15) is 19.3 Å². The van der Waals surface area contributed by atoms with E-state index in [9.17, 15) is 4.39 Å². The number of hydrogen-bond donors (Lipinski definition) is 1. The Balaban J connectivity index is 0.00000112. The van der Waals surface area contributed by atoms with Crippen molar-refractivity contribution in [3.05, 3.63) is 0 Å². The van der Waals surface area contributed by atoms with Gasteiger partial charge in [-0.25, -0.2) is 4.39 Å². The van der Waals surface area contributed by atoms with Gasteiger partial charge < -0.3 is 10.6 Å². The van der Waals surface area contributed by atoms with Gasteiger partial charge in [0.05, 0.1) is 0 Å². The van der Waals surface area contributed by atoms with E-state index < -0.39 is 5.67 Å². The Bertz CT molecular complexity index is 195. The number of nitrogens with zero attached hydrogens (tertiary/aromatic N) is 1. The second-order valence-corrected chi connectivity index (χ2v) is 5.67. The van der Waals surface area contributed by atoms with Gasteiger partial charge in [0.25, 0.3) is 0 Å². The molecule has 2 fully saturated rings. The second kappa shape index (κ2) is 7.27. The fraction of sp³-hybridized carbons (Fsp3) is 1.00. The van der Waals surface area contributed by atoms with Gasteiger partial charge in [-0.3, -0.25) is 0 Å². The molecule has 0 saturated carbocycles. The zero-order valence-corrected chi connectivity index (χ0v) is 11.8. The molecule has 0 radical (unpaired) electrons. The molecule has 0 amide bonds. The number of rotatable bonds is 2. The molecule has 2 heterocycles. The molecule has 98 valence electrons. The highest BCUT2D eigenvalue weighted by Gasteiger charge is 2.36. The van der Waals surface area contributed by atoms with Crippen molar-refractivity contribution in [3.8, 4) is 0 Å². The molecular formula is C10H21Cl2FN2S. The summed E-state index contributed by atoms with van der Waals surface area (Å²) in [6, 6.07) is 0.347. The molecule has 2 nitrogen and oxygen atoms in total. The lowest BCUT2D eigenvalue weighted by molar-refractivity contribution is 0.0975. The highest BCUT2D eigenvalue weighted by molar-refractivity contribution is 7.99. The molecule has 2 aliphatic rings. The van der Waals surface area contributed by atoms with Crippen LogP contribution in [0.5, 0.6) is 0 Å². The third-order valence-electron chi connectivity index (χ3n) is 3.19. The van der Waals surface area contributed by atoms with Crippen molar-refractivity contribution in [2.75, 3.05) is 31.1 Å². The van der Waals surface area contributed by atoms with E-state index in [1.165, 1.54) is 0 Å². The maximum Gasteiger partial charge on any atom is 0.133 e. The van der Waals surface area contributed by atoms with E-state index in [0.29, 0.717) is 18.3 Å². The van der Waals surface area contributed by atoms with Gasteiger partial charge >= 0.3 is 0 Å². The van der Waals surface area contributed by atoms with Crippen LogP contribution in [0, 0.1) is 0 Å². The van der Waals surface area contributed by atoms with Crippen LogP contribution in [-0.4, -0.2) is 47.8 Å². The van der Waals surface area contributed by atoms with E-state index in [1.54, 1.807) is 11.8 Å². The molecular weight excluding hydrogens is 270 g/mol. The Labute approximate surface area is 114 Å². The molecule has 0 aliphatic carbocycles. The molecule has 0 bridgehead atoms. The van der Waals surface area contributed by atoms with Crippen molar-refractivity contribution >= 4 is 36.6 Å². The summed E-state index contributed by atoms with van der Waals surface area (Å²) in [7, 11) is 0. The Morgan fingerprint density at radius 3 is 2.44 bits per heavy atom. The molecule has 2 N–H and O–H groups in total. The number of likely N-dealkylation sites (tertiary alicyclic amines) is 1. The van der Waals surface area contributed by atoms with Crippen molar-refractivity contribution in [1.29, 1.82) is 0 Å². The first-order valence-corrected chi connectivity index (χ1v) is 6.58. The summed E-state index contributed by atoms with van der Waals surface area (Å²) in [6.07, 6.45) is 2.80. The molecule has 0 aromatic rings. The molecule has 0 aromatic carbocycles. The summed E-state index contributed by atoms with van der Waals surface area (Å²) < 4.78 is 14.1. The van der Waals surface area contributed by atoms with Crippen molar-refractivity contribution in [1.82, 2.24) is 4.90 Å². The lowest BCUT2D eigenvalue weighted by Gasteiger charge is -2.34. The van der Waals surface area contributed by atoms with Gasteiger partial charge in [0.2, 0.25) is 0 Å². The summed E-state index contributed by atoms with van der Waals surface area (Å²) in [5, 5.41) is 0. The summed E-state index contributed by atoms with van der Waals surface area (Å²) >= 11 is 1.74. The van der Waals surface area contributed by atoms with E-state index >= 15 is 0 Å². The third-order valence-corrected chi connectivity index (χ3v) is 4.41. The standard InChI is InChI=1S/C10H19FN2S.2ClH/c11-10(3-6-14-8-10)7-13-4-1-9(12)2-5-13;;/h9H,1-8,12H2;2*1H. The van der Waals surface area contributed by atoms with Crippen LogP contribution >= 0.6 is 36.6 Å². The number of piperidine rings is 1. The van der Waals surface area contributed by atoms with Crippen LogP contribution in [0.15, 0.2) is 0 Å². The average Bonchev–Trinajstić information content (AvgIpc) is 2.57. The van der Waals surface area contributed by atoms with Gasteiger partial charge in [0.1, 0.15) is 5.67 Å². The highest BCUT2D eigenvalue weighted by Crippen LogP contribution is 2.32. The smallest absolute Gasteiger partial charge is 0.133 e. The van der Waals surface area contributed by atoms with Crippen molar-refractivity contribution in [3.63, 3.8) is 0 Å². The molecule has 0 aromatic heterocycles. The topological polar surface area (TPSA) is 29.3 Å². The fourth-order valence-corrected chi connectivity index (χ4v) is 3.47. The lowest BCUT2D eigenvalue weighted by atomic mass is 10.0. The fourth-order valence-electron chi connectivity index (χ4n) is 2.22. The maximum atomic E-state index is 14.1. The minimum Gasteiger partial charge on any atom is -0.328 e. The van der Waals surface area contributed by atoms with Crippen LogP contribution in [0.25, 0.3) is 0 Å². The van der Waals surface area contributed by atoms with Crippen LogP contribution < -0.4 is 5.73 Å². The van der Waals surface area contributed by atoms with Crippen LogP contribution in [0.3, 0.4) is 0 Å². The molecule has 0 spiro atoms. The first-order valence-electron chi connectivity index (χ1n) is 5.43. The second-order valence-electron chi connectivity index (χ2n) is 4.57. The predicted molar refractivity (Wildman–Crippen MR) is 73.9 cm³/mol. The van der Waals surface area contributed by atoms with Crippen molar-refractivity contribution < 1.29 is 4.39 Å². The Hall–Kier alpha value is 0.780. The molecule has 1 atom stereocenters. The molecule has 16 heavy (non-hydrogen) atoms. The van der Waals surface area contributed by atoms with E-state index in [-0.39, 0.29) is 24.8 Å². The Morgan fingerprint density at radius 2 is 1.94 bits per heavy atom. The minimum absolute atomic E-state index is 0. The third kappa shape index (κ3) is 4.57. The number of hydrogen-bond acceptors (Lipinski definition) is 3. The SMILES string of the molecule is Cl.Cl.NC1CCN(CC2(F)CCSC2)CC1. The quantitative estimate of drug-likeness (QED) is 0.845. The first-order chi connectivity index (χ1) is 6.68. The summed E-state index contributed by atoms with van der Waals surface area (Å²) in [6.45, 7) is 2.60. The van der Waals surface area contributed by atoms with Crippen LogP contribution in [0.2, 0.25) is 0 Å². The molecule has 2 aliphatic heterocycles. The van der Waals surface area contributed by atoms with Gasteiger partial charge in [0, 0.05) is 18.3 Å². The van der Waals surface area contributed by atoms with Crippen molar-refractivity contribution in [2.24, 2.45) is 5.73 Å². The van der Waals surface area contributed by atoms with E-state index in [0.717, 1.165) is 38.1 Å². The average molecular weight is 291 g/mol. The van der Waals surface area contributed by atoms with Gasteiger partial charge in [-0.05, 0) is 38.1 Å². The minimum atomic E-state index is -0.911. The monoisotopic (exact) mass is 290 g/mol. The normalized spacial score (nSPS) is 31.9. The number of thioether (sulfide) groups is 1. The summed E-state index contributed by atoms with van der Waals surface area (Å²) in [4.78, 5) is 2.25. The largest absolute Gasteiger partial charge is 0.328 e. The first kappa shape index (κ1) is 16.8. The zero-order chi connectivity index (χ0) is 10.0. The maximum absolute atomic E-state index is 14.1. The van der Waals surface area contributed by atoms with E-state index in [1.807, 2.05) is 0 Å². The molecule has 1 unspecified atom stereocenters. The predicted octanol–water partition coefficient (Wildman–Crippen LogP) is 2.10. The Kier molecular flexibility index (Phi) is 7.62. The lowest BCUT2D eigenvalue weighted by Crippen LogP contribution is -2.46. The number of alkyl halides is 1. The molecule has 2 rings (SSSR count). The van der Waals surface area contributed by atoms with E-state index in [4.69, 9.17) is 5.73 Å². The van der Waals surface area contributed by atoms with Crippen molar-refractivity contribution in [2.45, 2.75) is 31.0 Å². The molecule has 6 heteroatoms. The highest BCUT2D eigenvalue weighted by atomic mass is 35.5. The Morgan fingerprint density at radius 1 is 1.31 bits per heavy atom. The van der Waals surface area contributed by atoms with Crippen LogP contribution in [-0.2, 0) is 0 Å². The molecule has 2 saturated heterocycles. The van der Waals surface area contributed by atoms with Gasteiger partial charge in [0.15, 0.2) is 0 Å². The summed E-state index contributed by atoms with van der Waals surface area (Å²) in [5.41, 5.74) is 4.90. The van der Waals surface area contributed by atoms with Gasteiger partial charge in [-0.15, -0.1) is 24.8 Å². The van der Waals surface area contributed by atoms with Gasteiger partial charge in [-0.2, -0.15) is 11.8 Å². The van der Waals surface area contributed by atoms with E-state index in [2.05, 4.69) is 4.90 Å².